The highest BCUT2D eigenvalue weighted by Gasteiger charge is 2.41. The van der Waals surface area contributed by atoms with Crippen molar-refractivity contribution in [1.82, 2.24) is 0 Å². The molecule has 0 saturated heterocycles. The molecule has 2 unspecified atom stereocenters. The average Bonchev–Trinajstić information content (AvgIpc) is 3.57. The van der Waals surface area contributed by atoms with Crippen LogP contribution in [-0.4, -0.2) is 0 Å². The summed E-state index contributed by atoms with van der Waals surface area (Å²) in [5.41, 5.74) is 17.6. The van der Waals surface area contributed by atoms with Crippen LogP contribution in [0, 0.1) is 24.7 Å². The maximum absolute atomic E-state index is 6.86. The van der Waals surface area contributed by atoms with Gasteiger partial charge < -0.3 is 4.74 Å². The Morgan fingerprint density at radius 2 is 0.405 bits per heavy atom. The largest absolute Gasteiger partial charge is 0.340 e. The zero-order chi connectivity index (χ0) is 57.3. The summed E-state index contributed by atoms with van der Waals surface area (Å²) < 4.78 is 6.86. The van der Waals surface area contributed by atoms with Crippen LogP contribution in [0.5, 0.6) is 0 Å². The summed E-state index contributed by atoms with van der Waals surface area (Å²) in [5, 5.41) is 0. The van der Waals surface area contributed by atoms with Gasteiger partial charge in [-0.15, -0.1) is 12.8 Å². The number of terminal acetylenes is 2. The molecule has 8 aromatic carbocycles. The van der Waals surface area contributed by atoms with Gasteiger partial charge in [-0.05, 0) is 123 Å². The van der Waals surface area contributed by atoms with Crippen molar-refractivity contribution in [3.8, 4) is 24.7 Å². The second-order valence-corrected chi connectivity index (χ2v) is 26.8. The number of hydrogen-bond donors (Lipinski definition) is 0. The summed E-state index contributed by atoms with van der Waals surface area (Å²) >= 11 is 0. The van der Waals surface area contributed by atoms with Gasteiger partial charge in [-0.3, -0.25) is 0 Å². The van der Waals surface area contributed by atoms with E-state index in [9.17, 15) is 0 Å². The van der Waals surface area contributed by atoms with Gasteiger partial charge in [0, 0.05) is 0 Å². The zero-order valence-corrected chi connectivity index (χ0v) is 50.3. The fraction of sp³-hybridized carbons (Fsp3) is 0.333. The van der Waals surface area contributed by atoms with Crippen molar-refractivity contribution in [2.45, 2.75) is 167 Å². The lowest BCUT2D eigenvalue weighted by atomic mass is 9.64. The Balaban J connectivity index is 1.22. The molecule has 0 fully saturated rings. The summed E-state index contributed by atoms with van der Waals surface area (Å²) in [6.45, 7) is 36.3. The summed E-state index contributed by atoms with van der Waals surface area (Å²) in [7, 11) is 0. The van der Waals surface area contributed by atoms with Crippen LogP contribution in [0.1, 0.15) is 224 Å². The Hall–Kier alpha value is -7.16. The molecule has 0 aliphatic heterocycles. The van der Waals surface area contributed by atoms with Crippen molar-refractivity contribution in [3.63, 3.8) is 0 Å². The lowest BCUT2D eigenvalue weighted by Crippen LogP contribution is -2.31. The standard InChI is InChI=1S/C78H86O/c1-19-71(57-25-33-65(34-26-57)77(63-29-21-55(22-30-63)53(3)4,67-45-37-59(38-46-67)73(7,8)9)68-47-39-60(40-48-68)74(10,11)12)79-72(20-2)58-27-35-66(36-28-58)78(64-31-23-56(24-32-64)54(5)6,69-49-41-61(42-50-69)75(13,14)15)70-51-43-62(44-52-70)76(16,17)18/h1-2,21-54,71-72H,3-18H3. The van der Waals surface area contributed by atoms with Crippen LogP contribution in [0.3, 0.4) is 0 Å². The molecular weight excluding hydrogens is 953 g/mol. The SMILES string of the molecule is C#CC(OC(C#C)c1ccc(C(c2ccc(C(C)C)cc2)(c2ccc(C(C)(C)C)cc2)c2ccc(C(C)(C)C)cc2)cc1)c1ccc(C(c2ccc(C(C)C)cc2)(c2ccc(C(C)(C)C)cc2)c2ccc(C(C)(C)C)cc2)cc1. The van der Waals surface area contributed by atoms with Crippen LogP contribution in [0.25, 0.3) is 0 Å². The van der Waals surface area contributed by atoms with Crippen LogP contribution >= 0.6 is 0 Å². The average molecular weight is 1040 g/mol. The molecule has 0 aliphatic rings. The molecule has 0 saturated carbocycles. The molecule has 8 rings (SSSR count). The molecule has 0 amide bonds. The normalized spacial score (nSPS) is 13.5. The second kappa shape index (κ2) is 22.5. The van der Waals surface area contributed by atoms with Crippen molar-refractivity contribution in [2.75, 3.05) is 0 Å². The Morgan fingerprint density at radius 1 is 0.253 bits per heavy atom. The molecule has 0 heterocycles. The molecule has 0 aliphatic carbocycles. The van der Waals surface area contributed by atoms with Gasteiger partial charge in [0.25, 0.3) is 0 Å². The smallest absolute Gasteiger partial charge is 0.145 e. The first-order valence-electron chi connectivity index (χ1n) is 28.7. The van der Waals surface area contributed by atoms with Gasteiger partial charge in [0.1, 0.15) is 12.2 Å². The lowest BCUT2D eigenvalue weighted by Gasteiger charge is -2.38. The monoisotopic (exact) mass is 1040 g/mol. The molecule has 1 nitrogen and oxygen atoms in total. The first kappa shape index (κ1) is 58.0. The van der Waals surface area contributed by atoms with E-state index in [2.05, 4.69) is 317 Å². The van der Waals surface area contributed by atoms with Crippen LogP contribution in [0.2, 0.25) is 0 Å². The van der Waals surface area contributed by atoms with Gasteiger partial charge in [-0.2, -0.15) is 0 Å². The van der Waals surface area contributed by atoms with E-state index in [1.807, 2.05) is 0 Å². The van der Waals surface area contributed by atoms with Gasteiger partial charge in [-0.1, -0.05) is 317 Å². The van der Waals surface area contributed by atoms with Gasteiger partial charge in [0.2, 0.25) is 0 Å². The Morgan fingerprint density at radius 3 is 0.557 bits per heavy atom. The molecule has 0 bridgehead atoms. The summed E-state index contributed by atoms with van der Waals surface area (Å²) in [4.78, 5) is 0. The van der Waals surface area contributed by atoms with E-state index in [0.717, 1.165) is 22.3 Å². The van der Waals surface area contributed by atoms with Gasteiger partial charge in [-0.25, -0.2) is 0 Å². The third kappa shape index (κ3) is 11.8. The number of rotatable bonds is 14. The maximum atomic E-state index is 6.86. The van der Waals surface area contributed by atoms with Crippen LogP contribution < -0.4 is 0 Å². The van der Waals surface area contributed by atoms with E-state index < -0.39 is 23.0 Å². The van der Waals surface area contributed by atoms with Crippen molar-refractivity contribution in [2.24, 2.45) is 0 Å². The Labute approximate surface area is 477 Å². The van der Waals surface area contributed by atoms with E-state index in [0.29, 0.717) is 11.8 Å². The highest BCUT2D eigenvalue weighted by atomic mass is 16.5. The predicted molar refractivity (Wildman–Crippen MR) is 337 cm³/mol. The third-order valence-corrected chi connectivity index (χ3v) is 16.6. The molecule has 0 aromatic heterocycles. The highest BCUT2D eigenvalue weighted by Crippen LogP contribution is 2.49. The van der Waals surface area contributed by atoms with Gasteiger partial charge in [0.15, 0.2) is 0 Å². The minimum Gasteiger partial charge on any atom is -0.340 e. The minimum absolute atomic E-state index is 0.00111. The van der Waals surface area contributed by atoms with Crippen LogP contribution in [-0.2, 0) is 37.2 Å². The van der Waals surface area contributed by atoms with Crippen LogP contribution in [0.4, 0.5) is 0 Å². The zero-order valence-electron chi connectivity index (χ0n) is 50.3. The molecule has 1 heteroatoms. The summed E-state index contributed by atoms with van der Waals surface area (Å²) in [5.74, 6) is 6.78. The van der Waals surface area contributed by atoms with Crippen LogP contribution in [0.15, 0.2) is 194 Å². The molecule has 8 aromatic rings. The van der Waals surface area contributed by atoms with Crippen molar-refractivity contribution >= 4 is 0 Å². The molecule has 404 valence electrons. The number of ether oxygens (including phenoxy) is 1. The quantitative estimate of drug-likeness (QED) is 0.0779. The number of hydrogen-bond acceptors (Lipinski definition) is 1. The molecular formula is C78H86O. The number of benzene rings is 8. The van der Waals surface area contributed by atoms with Crippen molar-refractivity contribution in [3.05, 3.63) is 283 Å². The third-order valence-electron chi connectivity index (χ3n) is 16.6. The fourth-order valence-electron chi connectivity index (χ4n) is 11.5. The Kier molecular flexibility index (Phi) is 16.5. The van der Waals surface area contributed by atoms with E-state index in [4.69, 9.17) is 17.6 Å². The van der Waals surface area contributed by atoms with Gasteiger partial charge in [0.05, 0.1) is 10.8 Å². The predicted octanol–water partition coefficient (Wildman–Crippen LogP) is 20.0. The first-order valence-corrected chi connectivity index (χ1v) is 28.7. The Bertz CT molecular complexity index is 3030. The van der Waals surface area contributed by atoms with E-state index in [1.165, 1.54) is 66.8 Å². The summed E-state index contributed by atoms with van der Waals surface area (Å²) in [6, 6.07) is 73.0. The molecule has 2 atom stereocenters. The second-order valence-electron chi connectivity index (χ2n) is 26.8. The topological polar surface area (TPSA) is 9.23 Å². The molecule has 0 N–H and O–H groups in total. The van der Waals surface area contributed by atoms with E-state index in [1.54, 1.807) is 0 Å². The fourth-order valence-corrected chi connectivity index (χ4v) is 11.5. The van der Waals surface area contributed by atoms with E-state index in [-0.39, 0.29) is 21.7 Å². The lowest BCUT2D eigenvalue weighted by molar-refractivity contribution is 0.0516. The maximum Gasteiger partial charge on any atom is 0.145 e. The summed E-state index contributed by atoms with van der Waals surface area (Å²) in [6.07, 6.45) is 11.5. The van der Waals surface area contributed by atoms with Gasteiger partial charge >= 0.3 is 0 Å². The van der Waals surface area contributed by atoms with E-state index >= 15 is 0 Å². The molecule has 0 spiro atoms. The van der Waals surface area contributed by atoms with Crippen molar-refractivity contribution in [1.29, 1.82) is 0 Å². The molecule has 79 heavy (non-hydrogen) atoms. The minimum atomic E-state index is -0.715. The first-order chi connectivity index (χ1) is 37.2. The highest BCUT2D eigenvalue weighted by molar-refractivity contribution is 5.63. The van der Waals surface area contributed by atoms with Crippen molar-refractivity contribution < 1.29 is 4.74 Å². The molecule has 0 radical (unpaired) electrons.